The molecule has 17 heavy (non-hydrogen) atoms. The summed E-state index contributed by atoms with van der Waals surface area (Å²) in [6.07, 6.45) is 0.548. The van der Waals surface area contributed by atoms with E-state index in [0.717, 1.165) is 0 Å². The van der Waals surface area contributed by atoms with E-state index < -0.39 is 5.78 Å². The number of allylic oxidation sites excluding steroid dienone is 1. The van der Waals surface area contributed by atoms with Crippen molar-refractivity contribution in [3.8, 4) is 5.75 Å². The number of nitrogens with two attached hydrogens (primary N) is 2. The molecule has 0 spiro atoms. The number of carbonyl (C=O) groups excluding carboxylic acids is 1. The summed E-state index contributed by atoms with van der Waals surface area (Å²) >= 11 is 0. The molecule has 0 fully saturated rings. The third kappa shape index (κ3) is 3.71. The fourth-order valence-electron chi connectivity index (χ4n) is 1.09. The highest BCUT2D eigenvalue weighted by atomic mass is 16.5. The van der Waals surface area contributed by atoms with E-state index in [1.165, 1.54) is 19.2 Å². The normalized spacial score (nSPS) is 10.2. The van der Waals surface area contributed by atoms with Crippen molar-refractivity contribution < 1.29 is 14.6 Å². The van der Waals surface area contributed by atoms with Crippen LogP contribution in [-0.2, 0) is 0 Å². The van der Waals surface area contributed by atoms with Gasteiger partial charge in [-0.15, -0.1) is 0 Å². The molecule has 5 heteroatoms. The van der Waals surface area contributed by atoms with Gasteiger partial charge in [0.1, 0.15) is 17.7 Å². The topological polar surface area (TPSA) is 98.6 Å². The van der Waals surface area contributed by atoms with Gasteiger partial charge in [-0.05, 0) is 12.1 Å². The van der Waals surface area contributed by atoms with Crippen LogP contribution in [-0.4, -0.2) is 18.0 Å². The van der Waals surface area contributed by atoms with Crippen molar-refractivity contribution in [3.05, 3.63) is 35.7 Å². The van der Waals surface area contributed by atoms with Crippen LogP contribution >= 0.6 is 0 Å². The van der Waals surface area contributed by atoms with Gasteiger partial charge >= 0.3 is 0 Å². The average molecular weight is 238 g/mol. The summed E-state index contributed by atoms with van der Waals surface area (Å²) in [4.78, 5) is 11.5. The zero-order valence-corrected chi connectivity index (χ0v) is 10.2. The van der Waals surface area contributed by atoms with Gasteiger partial charge in [0.2, 0.25) is 5.78 Å². The molecule has 0 unspecified atom stereocenters. The number of aliphatic hydroxyl groups excluding tert-OH is 1. The summed E-state index contributed by atoms with van der Waals surface area (Å²) in [5.41, 5.74) is 11.1. The number of hydrogen-bond acceptors (Lipinski definition) is 5. The molecule has 0 atom stereocenters. The van der Waals surface area contributed by atoms with Gasteiger partial charge in [0, 0.05) is 17.3 Å². The molecule has 0 aliphatic carbocycles. The first kappa shape index (κ1) is 14.8. The van der Waals surface area contributed by atoms with Gasteiger partial charge in [-0.1, -0.05) is 13.8 Å². The number of carbonyl (C=O) groups is 1. The van der Waals surface area contributed by atoms with Crippen LogP contribution in [0.3, 0.4) is 0 Å². The Morgan fingerprint density at radius 1 is 1.41 bits per heavy atom. The SMILES string of the molecule is CC.COc1ccc(C(=O)/C(N)=C\O)c(N)c1. The van der Waals surface area contributed by atoms with E-state index in [1.54, 1.807) is 6.07 Å². The molecule has 1 aromatic rings. The predicted octanol–water partition coefficient (Wildman–Crippen LogP) is 1.84. The number of rotatable bonds is 3. The first-order chi connectivity index (χ1) is 8.10. The van der Waals surface area contributed by atoms with Crippen LogP contribution < -0.4 is 16.2 Å². The lowest BCUT2D eigenvalue weighted by molar-refractivity contribution is 0.103. The number of Topliss-reactive ketones (excluding diaryl/α,β-unsaturated/α-hetero) is 1. The van der Waals surface area contributed by atoms with Crippen LogP contribution in [0.1, 0.15) is 24.2 Å². The maximum atomic E-state index is 11.5. The summed E-state index contributed by atoms with van der Waals surface area (Å²) in [6.45, 7) is 4.00. The van der Waals surface area contributed by atoms with Crippen LogP contribution in [0.25, 0.3) is 0 Å². The Labute approximate surface area is 101 Å². The number of aliphatic hydroxyl groups is 1. The molecule has 1 aromatic carbocycles. The molecule has 0 aliphatic rings. The Balaban J connectivity index is 0.00000121. The summed E-state index contributed by atoms with van der Waals surface area (Å²) in [5.74, 6) is 0.0354. The van der Waals surface area contributed by atoms with Crippen molar-refractivity contribution >= 4 is 11.5 Å². The van der Waals surface area contributed by atoms with Gasteiger partial charge in [-0.2, -0.15) is 0 Å². The third-order valence-electron chi connectivity index (χ3n) is 1.90. The first-order valence-electron chi connectivity index (χ1n) is 5.18. The molecule has 94 valence electrons. The molecule has 0 saturated heterocycles. The highest BCUT2D eigenvalue weighted by Gasteiger charge is 2.13. The van der Waals surface area contributed by atoms with Crippen molar-refractivity contribution in [2.24, 2.45) is 5.73 Å². The molecule has 0 bridgehead atoms. The summed E-state index contributed by atoms with van der Waals surface area (Å²) in [5, 5.41) is 8.58. The van der Waals surface area contributed by atoms with Crippen LogP contribution in [0.15, 0.2) is 30.2 Å². The molecule has 5 nitrogen and oxygen atoms in total. The lowest BCUT2D eigenvalue weighted by Crippen LogP contribution is -2.13. The maximum absolute atomic E-state index is 11.5. The zero-order chi connectivity index (χ0) is 13.4. The standard InChI is InChI=1S/C10H12N2O3.C2H6/c1-15-6-2-3-7(8(11)4-6)10(14)9(12)5-13;1-2/h2-5,13H,11-12H2,1H3;1-2H3/b9-5+;. The second-order valence-corrected chi connectivity index (χ2v) is 2.87. The van der Waals surface area contributed by atoms with Crippen molar-refractivity contribution in [1.82, 2.24) is 0 Å². The van der Waals surface area contributed by atoms with E-state index in [-0.39, 0.29) is 16.9 Å². The van der Waals surface area contributed by atoms with Gasteiger partial charge < -0.3 is 21.3 Å². The van der Waals surface area contributed by atoms with Crippen molar-refractivity contribution in [3.63, 3.8) is 0 Å². The zero-order valence-electron chi connectivity index (χ0n) is 10.2. The second-order valence-electron chi connectivity index (χ2n) is 2.87. The lowest BCUT2D eigenvalue weighted by atomic mass is 10.1. The average Bonchev–Trinajstić information content (AvgIpc) is 2.39. The molecule has 0 aliphatic heterocycles. The number of ketones is 1. The smallest absolute Gasteiger partial charge is 0.213 e. The molecule has 0 heterocycles. The van der Waals surface area contributed by atoms with Gasteiger partial charge in [-0.3, -0.25) is 4.79 Å². The fraction of sp³-hybridized carbons (Fsp3) is 0.250. The number of hydrogen-bond donors (Lipinski definition) is 3. The summed E-state index contributed by atoms with van der Waals surface area (Å²) in [6, 6.07) is 4.60. The number of nitrogen functional groups attached to an aromatic ring is 1. The van der Waals surface area contributed by atoms with E-state index in [9.17, 15) is 4.79 Å². The molecule has 5 N–H and O–H groups in total. The van der Waals surface area contributed by atoms with Gasteiger partial charge in [0.05, 0.1) is 7.11 Å². The van der Waals surface area contributed by atoms with Crippen molar-refractivity contribution in [1.29, 1.82) is 0 Å². The number of ether oxygens (including phenoxy) is 1. The van der Waals surface area contributed by atoms with E-state index in [1.807, 2.05) is 13.8 Å². The number of benzene rings is 1. The van der Waals surface area contributed by atoms with Crippen LogP contribution in [0.5, 0.6) is 5.75 Å². The molecule has 0 amide bonds. The highest BCUT2D eigenvalue weighted by molar-refractivity contribution is 6.11. The van der Waals surface area contributed by atoms with E-state index in [2.05, 4.69) is 0 Å². The molecular weight excluding hydrogens is 220 g/mol. The molecule has 0 saturated carbocycles. The Kier molecular flexibility index (Phi) is 6.25. The van der Waals surface area contributed by atoms with Crippen molar-refractivity contribution in [2.75, 3.05) is 12.8 Å². The maximum Gasteiger partial charge on any atom is 0.213 e. The summed E-state index contributed by atoms with van der Waals surface area (Å²) < 4.78 is 4.93. The van der Waals surface area contributed by atoms with Crippen LogP contribution in [0.2, 0.25) is 0 Å². The van der Waals surface area contributed by atoms with E-state index in [0.29, 0.717) is 12.0 Å². The molecular formula is C12H18N2O3. The lowest BCUT2D eigenvalue weighted by Gasteiger charge is -2.06. The van der Waals surface area contributed by atoms with Crippen LogP contribution in [0.4, 0.5) is 5.69 Å². The fourth-order valence-corrected chi connectivity index (χ4v) is 1.09. The summed E-state index contributed by atoms with van der Waals surface area (Å²) in [7, 11) is 1.50. The van der Waals surface area contributed by atoms with Gasteiger partial charge in [0.25, 0.3) is 0 Å². The van der Waals surface area contributed by atoms with Gasteiger partial charge in [0.15, 0.2) is 0 Å². The largest absolute Gasteiger partial charge is 0.513 e. The van der Waals surface area contributed by atoms with E-state index in [4.69, 9.17) is 21.3 Å². The van der Waals surface area contributed by atoms with Crippen LogP contribution in [0, 0.1) is 0 Å². The molecule has 0 radical (unpaired) electrons. The Morgan fingerprint density at radius 2 is 2.00 bits per heavy atom. The minimum Gasteiger partial charge on any atom is -0.513 e. The predicted molar refractivity (Wildman–Crippen MR) is 68.0 cm³/mol. The first-order valence-corrected chi connectivity index (χ1v) is 5.18. The Bertz CT molecular complexity index is 414. The minimum absolute atomic E-state index is 0.235. The monoisotopic (exact) mass is 238 g/mol. The molecule has 1 rings (SSSR count). The Hall–Kier alpha value is -2.17. The van der Waals surface area contributed by atoms with E-state index >= 15 is 0 Å². The number of methoxy groups -OCH3 is 1. The number of anilines is 1. The quantitative estimate of drug-likeness (QED) is 0.323. The second kappa shape index (κ2) is 7.16. The Morgan fingerprint density at radius 3 is 2.41 bits per heavy atom. The highest BCUT2D eigenvalue weighted by Crippen LogP contribution is 2.20. The van der Waals surface area contributed by atoms with Crippen molar-refractivity contribution in [2.45, 2.75) is 13.8 Å². The molecule has 0 aromatic heterocycles. The minimum atomic E-state index is -0.516. The van der Waals surface area contributed by atoms with Gasteiger partial charge in [-0.25, -0.2) is 0 Å². The third-order valence-corrected chi connectivity index (χ3v) is 1.90.